The Morgan fingerprint density at radius 2 is 0.369 bits per heavy atom. The van der Waals surface area contributed by atoms with Crippen LogP contribution in [0.4, 0.5) is 0 Å². The standard InChI is InChI=1S/2C6H12.3C5H10O.C5H10.C4H9N.C4H8O2.C4H8O.C3H7NO.C3H7N.C3H6O.CH4/c5*1-2-4-6-5-3-1;2*1-2-4-5-3-1;1-2-6-4-3-5-1;1-2-4-5-3-1;1-2-5-3-4-1;2*1-2-4-3-1;/h2*1-6H2;3*1-5H2;1-5H2;5H,1-4H2;1-4H2;1-4H2;4H,1-3H2;4H,1-3H2;1-3H2;1H4. The SMILES string of the molecule is C.C1CCCC1.C1CCCCC1.C1CCCCC1.C1CCNC1.C1CCOC1.C1CCOCC1.C1CCOCC1.C1CCOCC1.C1CNC1.C1COC1.C1COCCO1.C1COCN1. The Balaban J connectivity index is 0.000000688. The molecule has 0 unspecified atom stereocenters. The van der Waals surface area contributed by atoms with E-state index in [1.54, 1.807) is 0 Å². The third-order valence-electron chi connectivity index (χ3n) is 11.9. The zero-order chi connectivity index (χ0) is 45.3. The van der Waals surface area contributed by atoms with Crippen molar-refractivity contribution >= 4 is 0 Å². The summed E-state index contributed by atoms with van der Waals surface area (Å²) in [5, 5.41) is 9.33. The molecule has 0 aromatic heterocycles. The highest BCUT2D eigenvalue weighted by molar-refractivity contribution is 4.57. The Morgan fingerprint density at radius 1 is 0.154 bits per heavy atom. The van der Waals surface area contributed by atoms with Crippen LogP contribution in [0.2, 0.25) is 0 Å². The predicted molar refractivity (Wildman–Crippen MR) is 275 cm³/mol. The van der Waals surface area contributed by atoms with Crippen molar-refractivity contribution in [2.75, 3.05) is 139 Å². The summed E-state index contributed by atoms with van der Waals surface area (Å²) in [6.07, 6.45) is 45.3. The molecule has 0 radical (unpaired) electrons. The number of ether oxygens (including phenoxy) is 8. The summed E-state index contributed by atoms with van der Waals surface area (Å²) < 4.78 is 39.6. The van der Waals surface area contributed by atoms with Crippen molar-refractivity contribution in [2.45, 2.75) is 213 Å². The topological polar surface area (TPSA) is 110 Å². The first-order valence-corrected chi connectivity index (χ1v) is 27.7. The Kier molecular flexibility index (Phi) is 61.2. The van der Waals surface area contributed by atoms with E-state index in [4.69, 9.17) is 37.9 Å². The van der Waals surface area contributed by atoms with Gasteiger partial charge in [0.25, 0.3) is 0 Å². The first kappa shape index (κ1) is 64.6. The summed E-state index contributed by atoms with van der Waals surface area (Å²) in [7, 11) is 0. The number of hydrogen-bond donors (Lipinski definition) is 3. The largest absolute Gasteiger partial charge is 0.381 e. The van der Waals surface area contributed by atoms with Crippen LogP contribution >= 0.6 is 0 Å². The molecule has 0 amide bonds. The average Bonchev–Trinajstić information content (AvgIpc) is 4.23. The predicted octanol–water partition coefficient (Wildman–Crippen LogP) is 12.0. The van der Waals surface area contributed by atoms with E-state index in [9.17, 15) is 0 Å². The number of rotatable bonds is 0. The summed E-state index contributed by atoms with van der Waals surface area (Å²) >= 11 is 0. The second kappa shape index (κ2) is 61.6. The maximum absolute atomic E-state index is 5.07. The van der Waals surface area contributed by atoms with Crippen molar-refractivity contribution in [2.24, 2.45) is 0 Å². The Labute approximate surface area is 404 Å². The van der Waals surface area contributed by atoms with Crippen LogP contribution in [0, 0.1) is 0 Å². The molecular weight excluding hydrogens is 819 g/mol. The van der Waals surface area contributed by atoms with Gasteiger partial charge in [0, 0.05) is 72.6 Å². The summed E-state index contributed by atoms with van der Waals surface area (Å²) in [5.74, 6) is 0. The van der Waals surface area contributed by atoms with E-state index in [2.05, 4.69) is 16.0 Å². The lowest BCUT2D eigenvalue weighted by Gasteiger charge is -2.09. The van der Waals surface area contributed by atoms with Crippen molar-refractivity contribution < 1.29 is 37.9 Å². The lowest BCUT2D eigenvalue weighted by Crippen LogP contribution is -2.29. The van der Waals surface area contributed by atoms with Crippen molar-refractivity contribution in [3.63, 3.8) is 0 Å². The lowest BCUT2D eigenvalue weighted by atomic mass is 10.0. The number of nitrogens with one attached hydrogen (secondary N) is 3. The highest BCUT2D eigenvalue weighted by Crippen LogP contribution is 2.16. The molecule has 0 spiro atoms. The van der Waals surface area contributed by atoms with Crippen molar-refractivity contribution in [1.82, 2.24) is 16.0 Å². The van der Waals surface area contributed by atoms with Crippen LogP contribution in [0.3, 0.4) is 0 Å². The van der Waals surface area contributed by atoms with E-state index in [0.29, 0.717) is 0 Å². The second-order valence-electron chi connectivity index (χ2n) is 18.2. The summed E-state index contributed by atoms with van der Waals surface area (Å²) in [6.45, 7) is 20.8. The second-order valence-corrected chi connectivity index (χ2v) is 18.2. The average molecular weight is 933 g/mol. The fourth-order valence-corrected chi connectivity index (χ4v) is 7.32. The molecule has 0 aromatic rings. The molecule has 3 N–H and O–H groups in total. The third-order valence-corrected chi connectivity index (χ3v) is 11.9. The Bertz CT molecular complexity index is 523. The van der Waals surface area contributed by atoms with Crippen LogP contribution in [-0.2, 0) is 37.9 Å². The van der Waals surface area contributed by atoms with E-state index >= 15 is 0 Å². The lowest BCUT2D eigenvalue weighted by molar-refractivity contribution is -0.0334. The summed E-state index contributed by atoms with van der Waals surface area (Å²) in [4.78, 5) is 0. The summed E-state index contributed by atoms with van der Waals surface area (Å²) in [6, 6.07) is 0. The van der Waals surface area contributed by atoms with Gasteiger partial charge in [0.15, 0.2) is 0 Å². The van der Waals surface area contributed by atoms with E-state index in [1.165, 1.54) is 232 Å². The first-order valence-electron chi connectivity index (χ1n) is 27.7. The monoisotopic (exact) mass is 932 g/mol. The van der Waals surface area contributed by atoms with Gasteiger partial charge in [-0.15, -0.1) is 0 Å². The van der Waals surface area contributed by atoms with Crippen molar-refractivity contribution in [3.8, 4) is 0 Å². The molecule has 3 saturated carbocycles. The number of hydrogen-bond acceptors (Lipinski definition) is 11. The van der Waals surface area contributed by atoms with Gasteiger partial charge in [-0.3, -0.25) is 5.32 Å². The molecule has 11 heteroatoms. The van der Waals surface area contributed by atoms with Gasteiger partial charge in [-0.25, -0.2) is 0 Å². The van der Waals surface area contributed by atoms with Gasteiger partial charge in [-0.05, 0) is 122 Å². The van der Waals surface area contributed by atoms with Gasteiger partial charge >= 0.3 is 0 Å². The molecule has 9 saturated heterocycles. The van der Waals surface area contributed by atoms with Gasteiger partial charge in [0.1, 0.15) is 0 Å². The van der Waals surface area contributed by atoms with Crippen molar-refractivity contribution in [3.05, 3.63) is 0 Å². The quantitative estimate of drug-likeness (QED) is 0.216. The molecule has 65 heavy (non-hydrogen) atoms. The van der Waals surface area contributed by atoms with Crippen LogP contribution in [0.1, 0.15) is 213 Å². The molecule has 12 aliphatic rings. The minimum atomic E-state index is 0. The highest BCUT2D eigenvalue weighted by atomic mass is 16.6. The molecule has 9 heterocycles. The fourth-order valence-electron chi connectivity index (χ4n) is 7.32. The normalized spacial score (nSPS) is 23.6. The van der Waals surface area contributed by atoms with Gasteiger partial charge in [0.05, 0.1) is 39.8 Å². The van der Waals surface area contributed by atoms with E-state index < -0.39 is 0 Å². The smallest absolute Gasteiger partial charge is 0.0966 e. The van der Waals surface area contributed by atoms with E-state index in [1.807, 2.05) is 0 Å². The van der Waals surface area contributed by atoms with Gasteiger partial charge in [-0.2, -0.15) is 0 Å². The summed E-state index contributed by atoms with van der Waals surface area (Å²) in [5.41, 5.74) is 0. The molecule has 3 aliphatic carbocycles. The molecule has 392 valence electrons. The fraction of sp³-hybridized carbons (Fsp3) is 1.00. The van der Waals surface area contributed by atoms with Crippen LogP contribution in [0.15, 0.2) is 0 Å². The highest BCUT2D eigenvalue weighted by Gasteiger charge is 2.00. The molecule has 0 bridgehead atoms. The van der Waals surface area contributed by atoms with Crippen LogP contribution < -0.4 is 16.0 Å². The Morgan fingerprint density at radius 3 is 0.462 bits per heavy atom. The van der Waals surface area contributed by atoms with Gasteiger partial charge < -0.3 is 48.5 Å². The van der Waals surface area contributed by atoms with Gasteiger partial charge in [0.2, 0.25) is 0 Å². The zero-order valence-corrected chi connectivity index (χ0v) is 42.2. The van der Waals surface area contributed by atoms with Crippen LogP contribution in [0.25, 0.3) is 0 Å². The minimum Gasteiger partial charge on any atom is -0.381 e. The van der Waals surface area contributed by atoms with Crippen LogP contribution in [0.5, 0.6) is 0 Å². The molecule has 9 aliphatic heterocycles. The van der Waals surface area contributed by atoms with Gasteiger partial charge in [-0.1, -0.05) is 117 Å². The molecule has 12 fully saturated rings. The van der Waals surface area contributed by atoms with Crippen molar-refractivity contribution in [1.29, 1.82) is 0 Å². The van der Waals surface area contributed by atoms with Crippen LogP contribution in [-0.4, -0.2) is 139 Å². The first-order chi connectivity index (χ1) is 32.0. The van der Waals surface area contributed by atoms with E-state index in [0.717, 1.165) is 112 Å². The maximum Gasteiger partial charge on any atom is 0.0966 e. The maximum atomic E-state index is 5.07. The minimum absolute atomic E-state index is 0. The van der Waals surface area contributed by atoms with E-state index in [-0.39, 0.29) is 7.43 Å². The molecule has 11 nitrogen and oxygen atoms in total. The molecule has 0 atom stereocenters. The third kappa shape index (κ3) is 59.6. The zero-order valence-electron chi connectivity index (χ0n) is 42.2. The Hall–Kier alpha value is -0.440. The molecule has 12 rings (SSSR count). The molecular formula is C54H113N3O8. The molecule has 0 aromatic carbocycles.